The van der Waals surface area contributed by atoms with E-state index in [0.717, 1.165) is 6.29 Å². The molecule has 0 spiro atoms. The summed E-state index contributed by atoms with van der Waals surface area (Å²) in [5.74, 6) is 0. The summed E-state index contributed by atoms with van der Waals surface area (Å²) in [6.07, 6.45) is 45.8. The van der Waals surface area contributed by atoms with Crippen LogP contribution in [0.4, 0.5) is 0 Å². The quantitative estimate of drug-likeness (QED) is 0.0516. The molecule has 0 rings (SSSR count). The molecule has 0 bridgehead atoms. The lowest BCUT2D eigenvalue weighted by atomic mass is 9.99. The second-order valence-electron chi connectivity index (χ2n) is 12.0. The number of nitrogens with one attached hydrogen (secondary N) is 1. The van der Waals surface area contributed by atoms with E-state index >= 15 is 0 Å². The second kappa shape index (κ2) is 34.4. The summed E-state index contributed by atoms with van der Waals surface area (Å²) in [5, 5.41) is 3.49. The molecule has 0 aromatic heterocycles. The molecule has 38 heavy (non-hydrogen) atoms. The summed E-state index contributed by atoms with van der Waals surface area (Å²) < 4.78 is 0. The van der Waals surface area contributed by atoms with Crippen molar-refractivity contribution in [3.8, 4) is 0 Å². The first-order chi connectivity index (χ1) is 18.8. The predicted molar refractivity (Wildman–Crippen MR) is 172 cm³/mol. The van der Waals surface area contributed by atoms with Gasteiger partial charge in [0.25, 0.3) is 0 Å². The lowest BCUT2D eigenvalue weighted by Gasteiger charge is -2.17. The molecule has 2 heteroatoms. The molecule has 0 saturated heterocycles. The highest BCUT2D eigenvalue weighted by Gasteiger charge is 2.07. The topological polar surface area (TPSA) is 29.1 Å². The monoisotopic (exact) mass is 534 g/mol. The average molecular weight is 534 g/mol. The number of carbonyl (C=O) groups excluding carboxylic acids is 1. The van der Waals surface area contributed by atoms with Crippen LogP contribution in [0.25, 0.3) is 0 Å². The number of unbranched alkanes of at least 4 members (excludes halogenated alkanes) is 24. The van der Waals surface area contributed by atoms with Gasteiger partial charge in [-0.1, -0.05) is 174 Å². The van der Waals surface area contributed by atoms with Crippen LogP contribution in [0.1, 0.15) is 200 Å². The average Bonchev–Trinajstić information content (AvgIpc) is 2.93. The highest BCUT2D eigenvalue weighted by Crippen LogP contribution is 2.16. The van der Waals surface area contributed by atoms with Crippen molar-refractivity contribution in [1.82, 2.24) is 5.32 Å². The Hall–Kier alpha value is -0.630. The predicted octanol–water partition coefficient (Wildman–Crippen LogP) is 12.1. The van der Waals surface area contributed by atoms with Crippen molar-refractivity contribution in [2.24, 2.45) is 0 Å². The van der Waals surface area contributed by atoms with Crippen molar-refractivity contribution in [1.29, 1.82) is 0 Å². The minimum atomic E-state index is 0.522. The van der Waals surface area contributed by atoms with Gasteiger partial charge in [0.1, 0.15) is 6.29 Å². The fourth-order valence-electron chi connectivity index (χ4n) is 5.61. The molecule has 0 radical (unpaired) electrons. The maximum atomic E-state index is 10.9. The third kappa shape index (κ3) is 31.6. The normalized spacial score (nSPS) is 12.5. The van der Waals surface area contributed by atoms with E-state index in [0.29, 0.717) is 12.6 Å². The summed E-state index contributed by atoms with van der Waals surface area (Å²) in [6, 6.07) is 0.544. The standard InChI is InChI=1S/C36H71NO/c1-3-5-7-9-11-13-15-17-19-21-23-25-27-29-31-33-36(37-34-35-38)32-30-28-26-24-22-20-18-16-14-12-10-8-6-4-2/h17,19,35-37H,3-16,18,20-34H2,1-2H3. The van der Waals surface area contributed by atoms with Crippen LogP contribution in [0, 0.1) is 0 Å². The Labute approximate surface area is 241 Å². The Morgan fingerprint density at radius 2 is 0.763 bits per heavy atom. The van der Waals surface area contributed by atoms with E-state index in [2.05, 4.69) is 31.3 Å². The Balaban J connectivity index is 3.52. The van der Waals surface area contributed by atoms with Crippen molar-refractivity contribution in [2.75, 3.05) is 6.54 Å². The van der Waals surface area contributed by atoms with Crippen LogP contribution in [-0.2, 0) is 4.79 Å². The van der Waals surface area contributed by atoms with E-state index in [-0.39, 0.29) is 0 Å². The van der Waals surface area contributed by atoms with Crippen LogP contribution in [0.5, 0.6) is 0 Å². The van der Waals surface area contributed by atoms with Crippen LogP contribution < -0.4 is 5.32 Å². The van der Waals surface area contributed by atoms with Crippen molar-refractivity contribution in [2.45, 2.75) is 206 Å². The van der Waals surface area contributed by atoms with E-state index in [9.17, 15) is 4.79 Å². The molecule has 0 heterocycles. The fraction of sp³-hybridized carbons (Fsp3) is 0.917. The maximum Gasteiger partial charge on any atom is 0.133 e. The Morgan fingerprint density at radius 3 is 1.11 bits per heavy atom. The zero-order chi connectivity index (χ0) is 27.6. The van der Waals surface area contributed by atoms with Crippen LogP contribution in [0.2, 0.25) is 0 Å². The summed E-state index contributed by atoms with van der Waals surface area (Å²) >= 11 is 0. The Bertz CT molecular complexity index is 460. The van der Waals surface area contributed by atoms with Gasteiger partial charge < -0.3 is 10.1 Å². The molecule has 0 aliphatic carbocycles. The van der Waals surface area contributed by atoms with Crippen molar-refractivity contribution >= 4 is 6.29 Å². The number of hydrogen-bond donors (Lipinski definition) is 1. The fourth-order valence-corrected chi connectivity index (χ4v) is 5.61. The first kappa shape index (κ1) is 37.4. The summed E-state index contributed by atoms with van der Waals surface area (Å²) in [5.41, 5.74) is 0. The smallest absolute Gasteiger partial charge is 0.133 e. The number of rotatable bonds is 33. The zero-order valence-corrected chi connectivity index (χ0v) is 26.4. The molecule has 0 aliphatic heterocycles. The summed E-state index contributed by atoms with van der Waals surface area (Å²) in [7, 11) is 0. The molecule has 0 aliphatic rings. The molecule has 0 aromatic rings. The molecule has 1 unspecified atom stereocenters. The molecule has 1 atom stereocenters. The van der Waals surface area contributed by atoms with Gasteiger partial charge in [0.15, 0.2) is 0 Å². The molecule has 226 valence electrons. The summed E-state index contributed by atoms with van der Waals surface area (Å²) in [4.78, 5) is 10.9. The minimum Gasteiger partial charge on any atom is -0.307 e. The third-order valence-electron chi connectivity index (χ3n) is 8.21. The summed E-state index contributed by atoms with van der Waals surface area (Å²) in [6.45, 7) is 5.10. The molecular weight excluding hydrogens is 462 g/mol. The Morgan fingerprint density at radius 1 is 0.447 bits per heavy atom. The molecular formula is C36H71NO. The van der Waals surface area contributed by atoms with E-state index < -0.39 is 0 Å². The van der Waals surface area contributed by atoms with E-state index in [1.165, 1.54) is 186 Å². The molecule has 0 saturated carbocycles. The van der Waals surface area contributed by atoms with Gasteiger partial charge in [-0.3, -0.25) is 0 Å². The van der Waals surface area contributed by atoms with Crippen LogP contribution in [0.15, 0.2) is 12.2 Å². The largest absolute Gasteiger partial charge is 0.307 e. The van der Waals surface area contributed by atoms with E-state index in [4.69, 9.17) is 0 Å². The second-order valence-corrected chi connectivity index (χ2v) is 12.0. The first-order valence-corrected chi connectivity index (χ1v) is 17.7. The highest BCUT2D eigenvalue weighted by molar-refractivity contribution is 5.51. The maximum absolute atomic E-state index is 10.9. The number of allylic oxidation sites excluding steroid dienone is 2. The zero-order valence-electron chi connectivity index (χ0n) is 26.4. The van der Waals surface area contributed by atoms with Gasteiger partial charge in [-0.25, -0.2) is 0 Å². The Kier molecular flexibility index (Phi) is 33.8. The third-order valence-corrected chi connectivity index (χ3v) is 8.21. The minimum absolute atomic E-state index is 0.522. The van der Waals surface area contributed by atoms with Gasteiger partial charge in [-0.05, 0) is 38.5 Å². The number of aldehydes is 1. The molecule has 0 fully saturated rings. The molecule has 0 amide bonds. The van der Waals surface area contributed by atoms with Crippen LogP contribution in [0.3, 0.4) is 0 Å². The van der Waals surface area contributed by atoms with Gasteiger partial charge in [0.2, 0.25) is 0 Å². The van der Waals surface area contributed by atoms with Gasteiger partial charge >= 0.3 is 0 Å². The first-order valence-electron chi connectivity index (χ1n) is 17.7. The van der Waals surface area contributed by atoms with Crippen LogP contribution >= 0.6 is 0 Å². The lowest BCUT2D eigenvalue weighted by Crippen LogP contribution is -2.30. The van der Waals surface area contributed by atoms with Crippen LogP contribution in [-0.4, -0.2) is 18.9 Å². The van der Waals surface area contributed by atoms with Crippen molar-refractivity contribution < 1.29 is 4.79 Å². The van der Waals surface area contributed by atoms with Gasteiger partial charge in [-0.15, -0.1) is 0 Å². The van der Waals surface area contributed by atoms with Gasteiger partial charge in [0.05, 0.1) is 6.54 Å². The molecule has 1 N–H and O–H groups in total. The molecule has 2 nitrogen and oxygen atoms in total. The van der Waals surface area contributed by atoms with E-state index in [1.54, 1.807) is 0 Å². The van der Waals surface area contributed by atoms with Gasteiger partial charge in [-0.2, -0.15) is 0 Å². The SMILES string of the molecule is CCCCCCCCC=CCCCCCCCC(CCCCCCCCCCCCCCCC)NCC=O. The number of hydrogen-bond acceptors (Lipinski definition) is 2. The van der Waals surface area contributed by atoms with Crippen molar-refractivity contribution in [3.05, 3.63) is 12.2 Å². The van der Waals surface area contributed by atoms with Gasteiger partial charge in [0, 0.05) is 6.04 Å². The van der Waals surface area contributed by atoms with E-state index in [1.807, 2.05) is 0 Å². The lowest BCUT2D eigenvalue weighted by molar-refractivity contribution is -0.107. The molecule has 0 aromatic carbocycles. The highest BCUT2D eigenvalue weighted by atomic mass is 16.1. The number of carbonyl (C=O) groups is 1. The van der Waals surface area contributed by atoms with Crippen molar-refractivity contribution in [3.63, 3.8) is 0 Å².